The molecule has 2 aromatic rings. The van der Waals surface area contributed by atoms with Crippen molar-refractivity contribution >= 4 is 5.91 Å². The second kappa shape index (κ2) is 6.50. The van der Waals surface area contributed by atoms with Gasteiger partial charge in [0.15, 0.2) is 0 Å². The molecule has 1 saturated heterocycles. The van der Waals surface area contributed by atoms with Crippen LogP contribution in [-0.4, -0.2) is 30.0 Å². The predicted molar refractivity (Wildman–Crippen MR) is 83.0 cm³/mol. The Balaban J connectivity index is 1.74. The number of carbonyl (C=O) groups excluding carboxylic acids is 1. The molecular weight excluding hydrogens is 262 g/mol. The molecule has 4 nitrogen and oxygen atoms in total. The molecule has 1 fully saturated rings. The fourth-order valence-electron chi connectivity index (χ4n) is 2.60. The molecule has 2 N–H and O–H groups in total. The van der Waals surface area contributed by atoms with Gasteiger partial charge in [0.05, 0.1) is 5.56 Å². The minimum Gasteiger partial charge on any atom is -0.348 e. The van der Waals surface area contributed by atoms with Crippen molar-refractivity contribution in [2.45, 2.75) is 18.9 Å². The van der Waals surface area contributed by atoms with E-state index < -0.39 is 0 Å². The third-order valence-electron chi connectivity index (χ3n) is 3.74. The molecule has 1 atom stereocenters. The number of piperidine rings is 1. The van der Waals surface area contributed by atoms with Crippen LogP contribution in [0.2, 0.25) is 0 Å². The van der Waals surface area contributed by atoms with Crippen LogP contribution < -0.4 is 10.6 Å². The van der Waals surface area contributed by atoms with Gasteiger partial charge in [-0.3, -0.25) is 9.78 Å². The van der Waals surface area contributed by atoms with Gasteiger partial charge in [-0.05, 0) is 31.0 Å². The summed E-state index contributed by atoms with van der Waals surface area (Å²) in [5, 5.41) is 6.37. The third-order valence-corrected chi connectivity index (χ3v) is 3.74. The van der Waals surface area contributed by atoms with E-state index in [1.807, 2.05) is 36.4 Å². The molecule has 0 spiro atoms. The average Bonchev–Trinajstić information content (AvgIpc) is 2.57. The van der Waals surface area contributed by atoms with E-state index in [0.717, 1.165) is 37.1 Å². The molecule has 0 bridgehead atoms. The lowest BCUT2D eigenvalue weighted by atomic mass is 10.0. The van der Waals surface area contributed by atoms with Gasteiger partial charge in [-0.2, -0.15) is 0 Å². The number of nitrogens with zero attached hydrogens (tertiary/aromatic N) is 1. The van der Waals surface area contributed by atoms with Gasteiger partial charge < -0.3 is 10.6 Å². The van der Waals surface area contributed by atoms with Crippen molar-refractivity contribution in [2.75, 3.05) is 13.1 Å². The summed E-state index contributed by atoms with van der Waals surface area (Å²) in [6, 6.07) is 12.1. The van der Waals surface area contributed by atoms with Crippen LogP contribution in [0.3, 0.4) is 0 Å². The van der Waals surface area contributed by atoms with E-state index in [2.05, 4.69) is 15.6 Å². The van der Waals surface area contributed by atoms with Crippen LogP contribution in [0.5, 0.6) is 0 Å². The van der Waals surface area contributed by atoms with Crippen LogP contribution in [0.4, 0.5) is 0 Å². The van der Waals surface area contributed by atoms with Crippen molar-refractivity contribution in [1.82, 2.24) is 15.6 Å². The molecule has 1 amide bonds. The van der Waals surface area contributed by atoms with Crippen molar-refractivity contribution < 1.29 is 4.79 Å². The SMILES string of the molecule is O=C(N[C@H]1CCCNC1)c1cncc(-c2ccccc2)c1. The smallest absolute Gasteiger partial charge is 0.253 e. The molecule has 2 heterocycles. The Morgan fingerprint density at radius 1 is 1.19 bits per heavy atom. The minimum atomic E-state index is -0.0472. The van der Waals surface area contributed by atoms with Crippen molar-refractivity contribution in [1.29, 1.82) is 0 Å². The summed E-state index contributed by atoms with van der Waals surface area (Å²) in [6.45, 7) is 1.88. The maximum Gasteiger partial charge on any atom is 0.253 e. The molecule has 1 aliphatic heterocycles. The highest BCUT2D eigenvalue weighted by atomic mass is 16.1. The summed E-state index contributed by atoms with van der Waals surface area (Å²) < 4.78 is 0. The number of hydrogen-bond acceptors (Lipinski definition) is 3. The monoisotopic (exact) mass is 281 g/mol. The lowest BCUT2D eigenvalue weighted by molar-refractivity contribution is 0.0930. The second-order valence-electron chi connectivity index (χ2n) is 5.35. The topological polar surface area (TPSA) is 54.0 Å². The number of carbonyl (C=O) groups is 1. The lowest BCUT2D eigenvalue weighted by Gasteiger charge is -2.23. The molecule has 4 heteroatoms. The highest BCUT2D eigenvalue weighted by molar-refractivity contribution is 5.95. The Labute approximate surface area is 124 Å². The van der Waals surface area contributed by atoms with Gasteiger partial charge in [0.25, 0.3) is 5.91 Å². The van der Waals surface area contributed by atoms with Crippen molar-refractivity contribution in [3.63, 3.8) is 0 Å². The third kappa shape index (κ3) is 3.47. The molecular formula is C17H19N3O. The normalized spacial score (nSPS) is 18.2. The summed E-state index contributed by atoms with van der Waals surface area (Å²) in [5.74, 6) is -0.0472. The number of benzene rings is 1. The number of aromatic nitrogens is 1. The zero-order chi connectivity index (χ0) is 14.5. The van der Waals surface area contributed by atoms with Crippen LogP contribution in [0.25, 0.3) is 11.1 Å². The summed E-state index contributed by atoms with van der Waals surface area (Å²) in [5.41, 5.74) is 2.64. The highest BCUT2D eigenvalue weighted by Gasteiger charge is 2.16. The van der Waals surface area contributed by atoms with Crippen molar-refractivity contribution in [3.05, 3.63) is 54.4 Å². The number of amides is 1. The molecule has 108 valence electrons. The van der Waals surface area contributed by atoms with Gasteiger partial charge in [0, 0.05) is 30.5 Å². The first-order valence-electron chi connectivity index (χ1n) is 7.35. The maximum absolute atomic E-state index is 12.3. The van der Waals surface area contributed by atoms with Gasteiger partial charge in [-0.1, -0.05) is 30.3 Å². The van der Waals surface area contributed by atoms with E-state index >= 15 is 0 Å². The summed E-state index contributed by atoms with van der Waals surface area (Å²) in [4.78, 5) is 16.5. The standard InChI is InChI=1S/C17H19N3O/c21-17(20-16-7-4-8-18-12-16)15-9-14(10-19-11-15)13-5-2-1-3-6-13/h1-3,5-6,9-11,16,18H,4,7-8,12H2,(H,20,21)/t16-/m0/s1. The Morgan fingerprint density at radius 2 is 2.05 bits per heavy atom. The number of nitrogens with one attached hydrogen (secondary N) is 2. The first-order valence-corrected chi connectivity index (χ1v) is 7.35. The molecule has 1 aromatic heterocycles. The maximum atomic E-state index is 12.3. The van der Waals surface area contributed by atoms with Crippen LogP contribution in [-0.2, 0) is 0 Å². The highest BCUT2D eigenvalue weighted by Crippen LogP contribution is 2.18. The molecule has 21 heavy (non-hydrogen) atoms. The average molecular weight is 281 g/mol. The van der Waals surface area contributed by atoms with Crippen LogP contribution in [0.1, 0.15) is 23.2 Å². The molecule has 0 radical (unpaired) electrons. The molecule has 0 unspecified atom stereocenters. The van der Waals surface area contributed by atoms with Gasteiger partial charge >= 0.3 is 0 Å². The van der Waals surface area contributed by atoms with Crippen LogP contribution in [0.15, 0.2) is 48.8 Å². The summed E-state index contributed by atoms with van der Waals surface area (Å²) in [6.07, 6.45) is 5.55. The zero-order valence-corrected chi connectivity index (χ0v) is 11.9. The predicted octanol–water partition coefficient (Wildman–Crippen LogP) is 2.23. The number of pyridine rings is 1. The van der Waals surface area contributed by atoms with Gasteiger partial charge in [0.2, 0.25) is 0 Å². The first kappa shape index (κ1) is 13.8. The Morgan fingerprint density at radius 3 is 2.81 bits per heavy atom. The first-order chi connectivity index (χ1) is 10.3. The van der Waals surface area contributed by atoms with E-state index in [1.54, 1.807) is 12.4 Å². The fourth-order valence-corrected chi connectivity index (χ4v) is 2.60. The van der Waals surface area contributed by atoms with E-state index in [4.69, 9.17) is 0 Å². The summed E-state index contributed by atoms with van der Waals surface area (Å²) >= 11 is 0. The van der Waals surface area contributed by atoms with Gasteiger partial charge in [0.1, 0.15) is 0 Å². The van der Waals surface area contributed by atoms with Crippen LogP contribution >= 0.6 is 0 Å². The van der Waals surface area contributed by atoms with Gasteiger partial charge in [-0.25, -0.2) is 0 Å². The molecule has 1 aromatic carbocycles. The van der Waals surface area contributed by atoms with Crippen molar-refractivity contribution in [2.24, 2.45) is 0 Å². The lowest BCUT2D eigenvalue weighted by Crippen LogP contribution is -2.45. The fraction of sp³-hybridized carbons (Fsp3) is 0.294. The van der Waals surface area contributed by atoms with E-state index in [0.29, 0.717) is 5.56 Å². The van der Waals surface area contributed by atoms with Crippen LogP contribution in [0, 0.1) is 0 Å². The molecule has 0 aliphatic carbocycles. The summed E-state index contributed by atoms with van der Waals surface area (Å²) in [7, 11) is 0. The van der Waals surface area contributed by atoms with E-state index in [1.165, 1.54) is 0 Å². The van der Waals surface area contributed by atoms with E-state index in [-0.39, 0.29) is 11.9 Å². The zero-order valence-electron chi connectivity index (χ0n) is 11.9. The largest absolute Gasteiger partial charge is 0.348 e. The Kier molecular flexibility index (Phi) is 4.26. The van der Waals surface area contributed by atoms with E-state index in [9.17, 15) is 4.79 Å². The minimum absolute atomic E-state index is 0.0472. The molecule has 0 saturated carbocycles. The molecule has 1 aliphatic rings. The Hall–Kier alpha value is -2.20. The van der Waals surface area contributed by atoms with Gasteiger partial charge in [-0.15, -0.1) is 0 Å². The van der Waals surface area contributed by atoms with Crippen molar-refractivity contribution in [3.8, 4) is 11.1 Å². The number of hydrogen-bond donors (Lipinski definition) is 2. The molecule has 3 rings (SSSR count). The second-order valence-corrected chi connectivity index (χ2v) is 5.35. The quantitative estimate of drug-likeness (QED) is 0.907. The number of rotatable bonds is 3. The Bertz CT molecular complexity index is 606.